The van der Waals surface area contributed by atoms with Crippen LogP contribution in [-0.4, -0.2) is 10.9 Å². The van der Waals surface area contributed by atoms with Gasteiger partial charge in [-0.3, -0.25) is 4.79 Å². The van der Waals surface area contributed by atoms with Crippen molar-refractivity contribution in [2.75, 3.05) is 5.32 Å². The number of thiazole rings is 1. The van der Waals surface area contributed by atoms with Crippen molar-refractivity contribution in [3.8, 4) is 0 Å². The number of carbonyl (C=O) groups excluding carboxylic acids is 1. The van der Waals surface area contributed by atoms with Crippen LogP contribution in [0.25, 0.3) is 0 Å². The lowest BCUT2D eigenvalue weighted by Crippen LogP contribution is -2.12. The number of carbonyl (C=O) groups is 1. The summed E-state index contributed by atoms with van der Waals surface area (Å²) in [7, 11) is 0. The Morgan fingerprint density at radius 2 is 2.31 bits per heavy atom. The number of aromatic nitrogens is 1. The highest BCUT2D eigenvalue weighted by Gasteiger charge is 2.09. The minimum Gasteiger partial charge on any atom is -0.320 e. The van der Waals surface area contributed by atoms with Crippen LogP contribution in [0.4, 0.5) is 5.69 Å². The molecule has 1 N–H and O–H groups in total. The molecule has 0 aliphatic heterocycles. The largest absolute Gasteiger partial charge is 0.320 e. The number of hydrogen-bond donors (Lipinski definition) is 1. The highest BCUT2D eigenvalue weighted by Crippen LogP contribution is 2.20. The second-order valence-electron chi connectivity index (χ2n) is 3.29. The zero-order valence-corrected chi connectivity index (χ0v) is 10.9. The maximum absolute atomic E-state index is 11.7. The molecular weight excluding hydrogens is 288 g/mol. The van der Waals surface area contributed by atoms with E-state index in [9.17, 15) is 4.79 Å². The zero-order chi connectivity index (χ0) is 11.5. The molecule has 1 heterocycles. The van der Waals surface area contributed by atoms with Crippen LogP contribution in [0.1, 0.15) is 16.1 Å². The Morgan fingerprint density at radius 3 is 2.94 bits per heavy atom. The van der Waals surface area contributed by atoms with Gasteiger partial charge in [-0.2, -0.15) is 0 Å². The molecule has 0 saturated heterocycles. The third kappa shape index (κ3) is 2.48. The molecule has 0 aliphatic rings. The third-order valence-corrected chi connectivity index (χ3v) is 3.18. The van der Waals surface area contributed by atoms with Crippen LogP contribution >= 0.6 is 27.3 Å². The number of halogens is 1. The van der Waals surface area contributed by atoms with E-state index >= 15 is 0 Å². The summed E-state index contributed by atoms with van der Waals surface area (Å²) in [5.41, 5.74) is 3.91. The Morgan fingerprint density at radius 1 is 1.50 bits per heavy atom. The topological polar surface area (TPSA) is 42.0 Å². The van der Waals surface area contributed by atoms with Crippen molar-refractivity contribution in [3.63, 3.8) is 0 Å². The molecule has 0 bridgehead atoms. The van der Waals surface area contributed by atoms with Crippen molar-refractivity contribution < 1.29 is 4.79 Å². The fourth-order valence-electron chi connectivity index (χ4n) is 1.28. The van der Waals surface area contributed by atoms with Crippen LogP contribution in [0.5, 0.6) is 0 Å². The fraction of sp³-hybridized carbons (Fsp3) is 0.0909. The van der Waals surface area contributed by atoms with Crippen molar-refractivity contribution in [2.24, 2.45) is 0 Å². The van der Waals surface area contributed by atoms with Gasteiger partial charge in [0.05, 0.1) is 5.51 Å². The molecule has 2 aromatic rings. The second-order valence-corrected chi connectivity index (χ2v) is 4.92. The number of hydrogen-bond acceptors (Lipinski definition) is 3. The molecule has 1 amide bonds. The van der Waals surface area contributed by atoms with Crippen LogP contribution in [0.15, 0.2) is 33.6 Å². The van der Waals surface area contributed by atoms with E-state index in [-0.39, 0.29) is 5.91 Å². The van der Waals surface area contributed by atoms with E-state index in [1.54, 1.807) is 10.9 Å². The summed E-state index contributed by atoms with van der Waals surface area (Å²) in [6, 6.07) is 5.71. The monoisotopic (exact) mass is 296 g/mol. The lowest BCUT2D eigenvalue weighted by atomic mass is 10.2. The summed E-state index contributed by atoms with van der Waals surface area (Å²) in [6.07, 6.45) is 0. The molecule has 5 heteroatoms. The molecule has 3 nitrogen and oxygen atoms in total. The number of nitrogens with one attached hydrogen (secondary N) is 1. The molecule has 16 heavy (non-hydrogen) atoms. The predicted octanol–water partition coefficient (Wildman–Crippen LogP) is 3.47. The molecule has 0 unspecified atom stereocenters. The van der Waals surface area contributed by atoms with E-state index in [2.05, 4.69) is 26.2 Å². The van der Waals surface area contributed by atoms with Crippen LogP contribution in [0.2, 0.25) is 0 Å². The van der Waals surface area contributed by atoms with Crippen molar-refractivity contribution in [1.82, 2.24) is 4.98 Å². The lowest BCUT2D eigenvalue weighted by Gasteiger charge is -2.07. The number of rotatable bonds is 2. The van der Waals surface area contributed by atoms with Crippen LogP contribution < -0.4 is 5.32 Å². The lowest BCUT2D eigenvalue weighted by molar-refractivity contribution is 0.102. The standard InChI is InChI=1S/C11H9BrN2OS/c1-7-4-8(12)2-3-9(7)14-11(15)10-5-16-6-13-10/h2-6H,1H3,(H,14,15). The first kappa shape index (κ1) is 11.3. The van der Waals surface area contributed by atoms with Crippen LogP contribution in [-0.2, 0) is 0 Å². The first-order chi connectivity index (χ1) is 7.66. The van der Waals surface area contributed by atoms with E-state index in [1.807, 2.05) is 25.1 Å². The summed E-state index contributed by atoms with van der Waals surface area (Å²) < 4.78 is 0.997. The predicted molar refractivity (Wildman–Crippen MR) is 68.9 cm³/mol. The van der Waals surface area contributed by atoms with Gasteiger partial charge in [-0.25, -0.2) is 4.98 Å². The fourth-order valence-corrected chi connectivity index (χ4v) is 2.29. The normalized spacial score (nSPS) is 10.1. The molecule has 0 radical (unpaired) electrons. The highest BCUT2D eigenvalue weighted by atomic mass is 79.9. The van der Waals surface area contributed by atoms with Gasteiger partial charge in [0.15, 0.2) is 0 Å². The number of amides is 1. The Bertz CT molecular complexity index is 511. The third-order valence-electron chi connectivity index (χ3n) is 2.10. The van der Waals surface area contributed by atoms with Gasteiger partial charge in [0.2, 0.25) is 0 Å². The first-order valence-electron chi connectivity index (χ1n) is 4.62. The van der Waals surface area contributed by atoms with Crippen molar-refractivity contribution in [2.45, 2.75) is 6.92 Å². The maximum Gasteiger partial charge on any atom is 0.275 e. The van der Waals surface area contributed by atoms with E-state index < -0.39 is 0 Å². The molecule has 0 saturated carbocycles. The zero-order valence-electron chi connectivity index (χ0n) is 8.53. The molecule has 2 rings (SSSR count). The van der Waals surface area contributed by atoms with Crippen molar-refractivity contribution in [3.05, 3.63) is 44.8 Å². The van der Waals surface area contributed by atoms with E-state index in [0.29, 0.717) is 5.69 Å². The SMILES string of the molecule is Cc1cc(Br)ccc1NC(=O)c1cscn1. The summed E-state index contributed by atoms with van der Waals surface area (Å²) in [4.78, 5) is 15.7. The van der Waals surface area contributed by atoms with Gasteiger partial charge >= 0.3 is 0 Å². The number of benzene rings is 1. The summed E-state index contributed by atoms with van der Waals surface area (Å²) in [5.74, 6) is -0.174. The van der Waals surface area contributed by atoms with Gasteiger partial charge in [-0.1, -0.05) is 15.9 Å². The Kier molecular flexibility index (Phi) is 3.36. The molecular formula is C11H9BrN2OS. The van der Waals surface area contributed by atoms with Gasteiger partial charge in [0.1, 0.15) is 5.69 Å². The van der Waals surface area contributed by atoms with E-state index in [4.69, 9.17) is 0 Å². The molecule has 0 aliphatic carbocycles. The summed E-state index contributed by atoms with van der Waals surface area (Å²) in [6.45, 7) is 1.95. The minimum absolute atomic E-state index is 0.174. The van der Waals surface area contributed by atoms with E-state index in [0.717, 1.165) is 15.7 Å². The van der Waals surface area contributed by atoms with Gasteiger partial charge in [0.25, 0.3) is 5.91 Å². The molecule has 1 aromatic carbocycles. The quantitative estimate of drug-likeness (QED) is 0.922. The Hall–Kier alpha value is -1.20. The number of aryl methyl sites for hydroxylation is 1. The number of anilines is 1. The summed E-state index contributed by atoms with van der Waals surface area (Å²) in [5, 5.41) is 4.55. The molecule has 0 atom stereocenters. The molecule has 1 aromatic heterocycles. The van der Waals surface area contributed by atoms with E-state index in [1.165, 1.54) is 11.3 Å². The van der Waals surface area contributed by atoms with Crippen molar-refractivity contribution in [1.29, 1.82) is 0 Å². The van der Waals surface area contributed by atoms with Crippen molar-refractivity contribution >= 4 is 38.9 Å². The molecule has 0 fully saturated rings. The van der Waals surface area contributed by atoms with Gasteiger partial charge < -0.3 is 5.32 Å². The molecule has 82 valence electrons. The Balaban J connectivity index is 2.18. The Labute approximate surface area is 106 Å². The average Bonchev–Trinajstić information content (AvgIpc) is 2.75. The number of nitrogens with zero attached hydrogens (tertiary/aromatic N) is 1. The van der Waals surface area contributed by atoms with Crippen LogP contribution in [0, 0.1) is 6.92 Å². The van der Waals surface area contributed by atoms with Gasteiger partial charge in [-0.15, -0.1) is 11.3 Å². The first-order valence-corrected chi connectivity index (χ1v) is 6.36. The van der Waals surface area contributed by atoms with Gasteiger partial charge in [0, 0.05) is 15.5 Å². The minimum atomic E-state index is -0.174. The van der Waals surface area contributed by atoms with Gasteiger partial charge in [-0.05, 0) is 30.7 Å². The summed E-state index contributed by atoms with van der Waals surface area (Å²) >= 11 is 4.78. The second kappa shape index (κ2) is 4.76. The molecule has 0 spiro atoms. The highest BCUT2D eigenvalue weighted by molar-refractivity contribution is 9.10. The van der Waals surface area contributed by atoms with Crippen LogP contribution in [0.3, 0.4) is 0 Å². The average molecular weight is 297 g/mol. The maximum atomic E-state index is 11.7. The smallest absolute Gasteiger partial charge is 0.275 e.